The van der Waals surface area contributed by atoms with E-state index in [1.165, 1.54) is 11.3 Å². The first-order valence-electron chi connectivity index (χ1n) is 6.21. The molecule has 0 spiro atoms. The largest absolute Gasteiger partial charge is 0.316 e. The van der Waals surface area contributed by atoms with Crippen LogP contribution < -0.4 is 5.32 Å². The molecule has 3 heteroatoms. The topological polar surface area (TPSA) is 12.0 Å². The molecule has 0 aliphatic carbocycles. The van der Waals surface area contributed by atoms with Gasteiger partial charge in [-0.1, -0.05) is 36.7 Å². The molecular weight excluding hydrogens is 294 g/mol. The first kappa shape index (κ1) is 15.1. The lowest BCUT2D eigenvalue weighted by Crippen LogP contribution is -2.24. The highest BCUT2D eigenvalue weighted by Gasteiger charge is 2.04. The number of hydrogen-bond donors (Lipinski definition) is 1. The van der Waals surface area contributed by atoms with Gasteiger partial charge in [-0.15, -0.1) is 11.8 Å². The molecule has 1 unspecified atom stereocenters. The predicted octanol–water partition coefficient (Wildman–Crippen LogP) is 4.57. The van der Waals surface area contributed by atoms with Gasteiger partial charge in [0.1, 0.15) is 0 Å². The van der Waals surface area contributed by atoms with Gasteiger partial charge < -0.3 is 5.32 Å². The third-order valence-corrected chi connectivity index (χ3v) is 4.12. The molecule has 0 saturated heterocycles. The van der Waals surface area contributed by atoms with Crippen molar-refractivity contribution < 1.29 is 0 Å². The summed E-state index contributed by atoms with van der Waals surface area (Å²) in [5, 5.41) is 4.13. The van der Waals surface area contributed by atoms with Crippen LogP contribution in [0.2, 0.25) is 0 Å². The minimum atomic E-state index is 0.614. The molecule has 0 radical (unpaired) electrons. The second kappa shape index (κ2) is 8.17. The van der Waals surface area contributed by atoms with Crippen molar-refractivity contribution in [1.82, 2.24) is 5.32 Å². The first-order valence-corrected chi connectivity index (χ1v) is 7.88. The van der Waals surface area contributed by atoms with E-state index in [4.69, 9.17) is 0 Å². The standard InChI is InChI=1S/C14H22BrNS/c1-11(2)8-9-16-10-12(3)17-14-6-4-13(15)5-7-14/h4-7,11-12,16H,8-10H2,1-3H3. The average Bonchev–Trinajstić information content (AvgIpc) is 2.27. The van der Waals surface area contributed by atoms with E-state index in [0.29, 0.717) is 5.25 Å². The summed E-state index contributed by atoms with van der Waals surface area (Å²) in [5.41, 5.74) is 0. The van der Waals surface area contributed by atoms with Gasteiger partial charge in [-0.25, -0.2) is 0 Å². The molecule has 0 aliphatic heterocycles. The average molecular weight is 316 g/mol. The van der Waals surface area contributed by atoms with Crippen LogP contribution in [0.4, 0.5) is 0 Å². The quantitative estimate of drug-likeness (QED) is 0.584. The molecule has 1 N–H and O–H groups in total. The van der Waals surface area contributed by atoms with Crippen molar-refractivity contribution in [3.8, 4) is 0 Å². The zero-order valence-electron chi connectivity index (χ0n) is 10.9. The monoisotopic (exact) mass is 315 g/mol. The van der Waals surface area contributed by atoms with Gasteiger partial charge in [0.05, 0.1) is 0 Å². The third kappa shape index (κ3) is 7.12. The SMILES string of the molecule is CC(C)CCNCC(C)Sc1ccc(Br)cc1. The summed E-state index contributed by atoms with van der Waals surface area (Å²) in [7, 11) is 0. The van der Waals surface area contributed by atoms with Crippen LogP contribution in [-0.2, 0) is 0 Å². The van der Waals surface area contributed by atoms with E-state index in [2.05, 4.69) is 66.3 Å². The molecule has 1 aromatic carbocycles. The Labute approximate surface area is 118 Å². The van der Waals surface area contributed by atoms with Crippen molar-refractivity contribution in [1.29, 1.82) is 0 Å². The Morgan fingerprint density at radius 3 is 2.41 bits per heavy atom. The summed E-state index contributed by atoms with van der Waals surface area (Å²) in [4.78, 5) is 1.34. The molecule has 0 aliphatic rings. The van der Waals surface area contributed by atoms with Gasteiger partial charge in [0.2, 0.25) is 0 Å². The number of benzene rings is 1. The summed E-state index contributed by atoms with van der Waals surface area (Å²) in [6, 6.07) is 8.53. The van der Waals surface area contributed by atoms with Crippen LogP contribution >= 0.6 is 27.7 Å². The summed E-state index contributed by atoms with van der Waals surface area (Å²) < 4.78 is 1.14. The van der Waals surface area contributed by atoms with Gasteiger partial charge in [-0.3, -0.25) is 0 Å². The van der Waals surface area contributed by atoms with Crippen LogP contribution in [0.3, 0.4) is 0 Å². The number of rotatable bonds is 7. The maximum absolute atomic E-state index is 3.52. The Kier molecular flexibility index (Phi) is 7.24. The van der Waals surface area contributed by atoms with Crippen LogP contribution in [-0.4, -0.2) is 18.3 Å². The van der Waals surface area contributed by atoms with Crippen molar-refractivity contribution in [2.24, 2.45) is 5.92 Å². The highest BCUT2D eigenvalue weighted by molar-refractivity contribution is 9.10. The molecule has 96 valence electrons. The van der Waals surface area contributed by atoms with Crippen molar-refractivity contribution in [3.05, 3.63) is 28.7 Å². The molecule has 1 atom stereocenters. The molecular formula is C14H22BrNS. The second-order valence-corrected chi connectivity index (χ2v) is 7.20. The molecule has 0 fully saturated rings. The van der Waals surface area contributed by atoms with E-state index in [9.17, 15) is 0 Å². The highest BCUT2D eigenvalue weighted by Crippen LogP contribution is 2.24. The van der Waals surface area contributed by atoms with Gasteiger partial charge in [0.15, 0.2) is 0 Å². The van der Waals surface area contributed by atoms with E-state index >= 15 is 0 Å². The Bertz CT molecular complexity index is 311. The Morgan fingerprint density at radius 2 is 1.82 bits per heavy atom. The first-order chi connectivity index (χ1) is 8.08. The van der Waals surface area contributed by atoms with Crippen LogP contribution in [0.15, 0.2) is 33.6 Å². The molecule has 17 heavy (non-hydrogen) atoms. The Balaban J connectivity index is 2.20. The van der Waals surface area contributed by atoms with Crippen LogP contribution in [0.25, 0.3) is 0 Å². The Hall–Kier alpha value is 0.01000. The number of nitrogens with one attached hydrogen (secondary N) is 1. The van der Waals surface area contributed by atoms with E-state index in [1.807, 2.05) is 11.8 Å². The van der Waals surface area contributed by atoms with Crippen LogP contribution in [0, 0.1) is 5.92 Å². The van der Waals surface area contributed by atoms with Gasteiger partial charge in [0.25, 0.3) is 0 Å². The molecule has 1 nitrogen and oxygen atoms in total. The Morgan fingerprint density at radius 1 is 1.18 bits per heavy atom. The summed E-state index contributed by atoms with van der Waals surface area (Å²) in [6.07, 6.45) is 1.26. The molecule has 0 heterocycles. The molecule has 1 rings (SSSR count). The van der Waals surface area contributed by atoms with Gasteiger partial charge in [-0.05, 0) is 43.1 Å². The van der Waals surface area contributed by atoms with Crippen LogP contribution in [0.5, 0.6) is 0 Å². The minimum Gasteiger partial charge on any atom is -0.316 e. The van der Waals surface area contributed by atoms with Crippen molar-refractivity contribution in [3.63, 3.8) is 0 Å². The van der Waals surface area contributed by atoms with Crippen molar-refractivity contribution in [2.75, 3.05) is 13.1 Å². The van der Waals surface area contributed by atoms with Crippen molar-refractivity contribution >= 4 is 27.7 Å². The second-order valence-electron chi connectivity index (χ2n) is 4.77. The zero-order valence-corrected chi connectivity index (χ0v) is 13.3. The van der Waals surface area contributed by atoms with E-state index in [1.54, 1.807) is 0 Å². The number of hydrogen-bond acceptors (Lipinski definition) is 2. The zero-order chi connectivity index (χ0) is 12.7. The summed E-state index contributed by atoms with van der Waals surface area (Å²) >= 11 is 5.38. The van der Waals surface area contributed by atoms with Gasteiger partial charge in [-0.2, -0.15) is 0 Å². The maximum atomic E-state index is 3.52. The van der Waals surface area contributed by atoms with Gasteiger partial charge in [0, 0.05) is 21.2 Å². The van der Waals surface area contributed by atoms with E-state index in [-0.39, 0.29) is 0 Å². The van der Waals surface area contributed by atoms with Gasteiger partial charge >= 0.3 is 0 Å². The summed E-state index contributed by atoms with van der Waals surface area (Å²) in [6.45, 7) is 9.01. The molecule has 0 aromatic heterocycles. The van der Waals surface area contributed by atoms with Crippen molar-refractivity contribution in [2.45, 2.75) is 37.3 Å². The normalized spacial score (nSPS) is 13.0. The third-order valence-electron chi connectivity index (χ3n) is 2.48. The molecule has 0 bridgehead atoms. The number of halogens is 1. The predicted molar refractivity (Wildman–Crippen MR) is 81.8 cm³/mol. The smallest absolute Gasteiger partial charge is 0.0191 e. The lowest BCUT2D eigenvalue weighted by molar-refractivity contribution is 0.539. The fourth-order valence-electron chi connectivity index (χ4n) is 1.48. The number of thioether (sulfide) groups is 1. The minimum absolute atomic E-state index is 0.614. The summed E-state index contributed by atoms with van der Waals surface area (Å²) in [5.74, 6) is 0.789. The fourth-order valence-corrected chi connectivity index (χ4v) is 2.71. The van der Waals surface area contributed by atoms with E-state index in [0.717, 1.165) is 23.5 Å². The highest BCUT2D eigenvalue weighted by atomic mass is 79.9. The molecule has 0 saturated carbocycles. The molecule has 0 amide bonds. The lowest BCUT2D eigenvalue weighted by Gasteiger charge is -2.13. The van der Waals surface area contributed by atoms with E-state index < -0.39 is 0 Å². The lowest BCUT2D eigenvalue weighted by atomic mass is 10.1. The van der Waals surface area contributed by atoms with Crippen LogP contribution in [0.1, 0.15) is 27.2 Å². The maximum Gasteiger partial charge on any atom is 0.0191 e. The molecule has 1 aromatic rings. The fraction of sp³-hybridized carbons (Fsp3) is 0.571.